The molecule has 0 aromatic rings. The van der Waals surface area contributed by atoms with Crippen LogP contribution in [0.1, 0.15) is 86.0 Å². The van der Waals surface area contributed by atoms with E-state index in [1.165, 1.54) is 0 Å². The lowest BCUT2D eigenvalue weighted by molar-refractivity contribution is -0.245. The van der Waals surface area contributed by atoms with E-state index in [0.29, 0.717) is 25.7 Å². The van der Waals surface area contributed by atoms with Gasteiger partial charge in [-0.1, -0.05) is 45.9 Å². The van der Waals surface area contributed by atoms with Gasteiger partial charge in [0.1, 0.15) is 0 Å². The molecule has 0 unspecified atom stereocenters. The van der Waals surface area contributed by atoms with E-state index in [0.717, 1.165) is 36.8 Å². The zero-order valence-electron chi connectivity index (χ0n) is 22.7. The Kier molecular flexibility index (Phi) is 5.63. The minimum absolute atomic E-state index is 0.0734. The summed E-state index contributed by atoms with van der Waals surface area (Å²) >= 11 is 0. The van der Waals surface area contributed by atoms with Gasteiger partial charge in [0.15, 0.2) is 0 Å². The highest BCUT2D eigenvalue weighted by Crippen LogP contribution is 2.76. The predicted octanol–water partition coefficient (Wildman–Crippen LogP) is 4.07. The van der Waals surface area contributed by atoms with E-state index in [2.05, 4.69) is 33.4 Å². The molecule has 0 aromatic heterocycles. The number of fused-ring (bicyclic) bond motifs is 7. The number of aliphatic hydroxyl groups is 4. The minimum atomic E-state index is -1.28. The van der Waals surface area contributed by atoms with E-state index in [4.69, 9.17) is 0 Å². The molecular formula is C30H46O6. The van der Waals surface area contributed by atoms with Crippen molar-refractivity contribution in [2.45, 2.75) is 104 Å². The van der Waals surface area contributed by atoms with Crippen LogP contribution in [0.15, 0.2) is 23.8 Å². The first kappa shape index (κ1) is 26.4. The van der Waals surface area contributed by atoms with Gasteiger partial charge in [0.2, 0.25) is 0 Å². The Morgan fingerprint density at radius 1 is 1.06 bits per heavy atom. The lowest BCUT2D eigenvalue weighted by atomic mass is 9.33. The first-order valence-electron chi connectivity index (χ1n) is 13.9. The average Bonchev–Trinajstić information content (AvgIpc) is 2.80. The number of carboxylic acids is 1. The monoisotopic (exact) mass is 502 g/mol. The van der Waals surface area contributed by atoms with E-state index >= 15 is 0 Å². The van der Waals surface area contributed by atoms with Crippen LogP contribution in [0.4, 0.5) is 0 Å². The number of aliphatic carboxylic acids is 1. The van der Waals surface area contributed by atoms with Crippen molar-refractivity contribution in [3.63, 3.8) is 0 Å². The predicted molar refractivity (Wildman–Crippen MR) is 137 cm³/mol. The summed E-state index contributed by atoms with van der Waals surface area (Å²) < 4.78 is 0. The number of allylic oxidation sites excluding steroid dienone is 1. The van der Waals surface area contributed by atoms with Gasteiger partial charge in [-0.25, -0.2) is 0 Å². The van der Waals surface area contributed by atoms with Crippen molar-refractivity contribution in [1.82, 2.24) is 0 Å². The summed E-state index contributed by atoms with van der Waals surface area (Å²) in [5, 5.41) is 54.6. The van der Waals surface area contributed by atoms with Crippen LogP contribution in [0.5, 0.6) is 0 Å². The summed E-state index contributed by atoms with van der Waals surface area (Å²) in [7, 11) is 0. The van der Waals surface area contributed by atoms with Crippen LogP contribution in [-0.2, 0) is 4.79 Å². The third kappa shape index (κ3) is 2.85. The van der Waals surface area contributed by atoms with Gasteiger partial charge >= 0.3 is 5.97 Å². The highest BCUT2D eigenvalue weighted by molar-refractivity contribution is 5.77. The molecule has 0 heterocycles. The molecule has 36 heavy (non-hydrogen) atoms. The van der Waals surface area contributed by atoms with Gasteiger partial charge in [0, 0.05) is 11.3 Å². The van der Waals surface area contributed by atoms with Crippen LogP contribution >= 0.6 is 0 Å². The first-order chi connectivity index (χ1) is 16.6. The molecule has 5 N–H and O–H groups in total. The summed E-state index contributed by atoms with van der Waals surface area (Å²) in [5.74, 6) is -1.04. The van der Waals surface area contributed by atoms with Crippen LogP contribution < -0.4 is 0 Å². The SMILES string of the molecule is C=C1CC[C@]2(C(=O)O)CC[C@]3(C)C(=CC[C@@H]4[C@@]5(C)C[C@@H](O)[C@@H](O)[C@@](C)(CO)[C@@H]5CC[C@]43C)[C@@H]2[C@]1(C)O. The minimum Gasteiger partial charge on any atom is -0.481 e. The Labute approximate surface area is 215 Å². The molecular weight excluding hydrogens is 456 g/mol. The van der Waals surface area contributed by atoms with E-state index in [9.17, 15) is 30.3 Å². The quantitative estimate of drug-likeness (QED) is 0.363. The molecule has 6 nitrogen and oxygen atoms in total. The van der Waals surface area contributed by atoms with Gasteiger partial charge in [-0.3, -0.25) is 4.79 Å². The average molecular weight is 503 g/mol. The fourth-order valence-corrected chi connectivity index (χ4v) is 10.7. The number of carboxylic acid groups (broad SMARTS) is 1. The Morgan fingerprint density at radius 3 is 2.33 bits per heavy atom. The zero-order chi connectivity index (χ0) is 26.7. The smallest absolute Gasteiger partial charge is 0.310 e. The molecule has 5 aliphatic rings. The standard InChI is InChI=1S/C30H46O6/c1-17-9-12-30(24(34)35)14-13-27(4)18(22(30)29(17,6)36)7-8-21-25(2)15-19(32)23(33)26(3,16-31)20(25)10-11-28(21,27)5/h7,19-23,31-33,36H,1,8-16H2,2-6H3,(H,34,35)/t19-,20-,21-,22-,23-,25+,26+,27-,28-,29-,30+/m1/s1. The molecule has 5 aliphatic carbocycles. The maximum absolute atomic E-state index is 12.8. The topological polar surface area (TPSA) is 118 Å². The van der Waals surface area contributed by atoms with Crippen molar-refractivity contribution >= 4 is 5.97 Å². The highest BCUT2D eigenvalue weighted by atomic mass is 16.4. The summed E-state index contributed by atoms with van der Waals surface area (Å²) in [6.45, 7) is 14.6. The van der Waals surface area contributed by atoms with Gasteiger partial charge in [0.05, 0.1) is 29.8 Å². The van der Waals surface area contributed by atoms with Crippen LogP contribution in [-0.4, -0.2) is 55.9 Å². The molecule has 6 heteroatoms. The molecule has 5 rings (SSSR count). The van der Waals surface area contributed by atoms with E-state index < -0.39 is 40.5 Å². The van der Waals surface area contributed by atoms with Crippen molar-refractivity contribution in [1.29, 1.82) is 0 Å². The van der Waals surface area contributed by atoms with Gasteiger partial charge < -0.3 is 25.5 Å². The van der Waals surface area contributed by atoms with Crippen molar-refractivity contribution in [3.05, 3.63) is 23.8 Å². The maximum Gasteiger partial charge on any atom is 0.310 e. The van der Waals surface area contributed by atoms with Crippen LogP contribution in [0.2, 0.25) is 0 Å². The lowest BCUT2D eigenvalue weighted by Crippen LogP contribution is -2.69. The van der Waals surface area contributed by atoms with Crippen LogP contribution in [0, 0.1) is 44.8 Å². The molecule has 0 radical (unpaired) electrons. The van der Waals surface area contributed by atoms with Gasteiger partial charge in [-0.05, 0) is 91.9 Å². The number of aliphatic hydroxyl groups excluding tert-OH is 3. The van der Waals surface area contributed by atoms with E-state index in [1.54, 1.807) is 6.92 Å². The third-order valence-corrected chi connectivity index (χ3v) is 13.1. The third-order valence-electron chi connectivity index (χ3n) is 13.1. The van der Waals surface area contributed by atoms with Crippen LogP contribution in [0.3, 0.4) is 0 Å². The van der Waals surface area contributed by atoms with Crippen molar-refractivity contribution in [2.24, 2.45) is 44.8 Å². The molecule has 0 bridgehead atoms. The number of hydrogen-bond donors (Lipinski definition) is 5. The molecule has 0 saturated heterocycles. The molecule has 4 saturated carbocycles. The molecule has 0 spiro atoms. The summed E-state index contributed by atoms with van der Waals surface area (Å²) in [5.41, 5.74) is -1.98. The van der Waals surface area contributed by atoms with Gasteiger partial charge in [0.25, 0.3) is 0 Å². The summed E-state index contributed by atoms with van der Waals surface area (Å²) in [6, 6.07) is 0. The summed E-state index contributed by atoms with van der Waals surface area (Å²) in [6.07, 6.45) is 5.68. The van der Waals surface area contributed by atoms with Crippen molar-refractivity contribution < 1.29 is 30.3 Å². The number of carbonyl (C=O) groups is 1. The second-order valence-electron chi connectivity index (χ2n) is 14.3. The normalized spacial score (nSPS) is 56.5. The van der Waals surface area contributed by atoms with Crippen molar-refractivity contribution in [3.8, 4) is 0 Å². The molecule has 11 atom stereocenters. The summed E-state index contributed by atoms with van der Waals surface area (Å²) in [4.78, 5) is 12.8. The van der Waals surface area contributed by atoms with Crippen molar-refractivity contribution in [2.75, 3.05) is 6.61 Å². The maximum atomic E-state index is 12.8. The second-order valence-corrected chi connectivity index (χ2v) is 14.3. The Bertz CT molecular complexity index is 1020. The number of rotatable bonds is 2. The fourth-order valence-electron chi connectivity index (χ4n) is 10.7. The Hall–Kier alpha value is -1.21. The molecule has 0 aromatic carbocycles. The molecule has 202 valence electrons. The lowest BCUT2D eigenvalue weighted by Gasteiger charge is -2.72. The van der Waals surface area contributed by atoms with E-state index in [-0.39, 0.29) is 34.7 Å². The van der Waals surface area contributed by atoms with Gasteiger partial charge in [-0.2, -0.15) is 0 Å². The highest BCUT2D eigenvalue weighted by Gasteiger charge is 2.72. The largest absolute Gasteiger partial charge is 0.481 e. The first-order valence-corrected chi connectivity index (χ1v) is 13.9. The second kappa shape index (κ2) is 7.68. The molecule has 0 aliphatic heterocycles. The van der Waals surface area contributed by atoms with E-state index in [1.807, 2.05) is 6.92 Å². The van der Waals surface area contributed by atoms with Crippen LogP contribution in [0.25, 0.3) is 0 Å². The zero-order valence-corrected chi connectivity index (χ0v) is 22.7. The molecule has 0 amide bonds. The Balaban J connectivity index is 1.65. The van der Waals surface area contributed by atoms with Gasteiger partial charge in [-0.15, -0.1) is 0 Å². The Morgan fingerprint density at radius 2 is 1.72 bits per heavy atom. The molecule has 4 fully saturated rings. The fraction of sp³-hybridized carbons (Fsp3) is 0.833. The number of hydrogen-bond acceptors (Lipinski definition) is 5.